The molecule has 0 N–H and O–H groups in total. The lowest BCUT2D eigenvalue weighted by atomic mass is 10.2. The number of benzene rings is 1. The first kappa shape index (κ1) is 14.4. The van der Waals surface area contributed by atoms with Gasteiger partial charge in [0.25, 0.3) is 0 Å². The second-order valence-corrected chi connectivity index (χ2v) is 4.71. The smallest absolute Gasteiger partial charge is 0.329 e. The molecule has 1 heterocycles. The van der Waals surface area contributed by atoms with Crippen LogP contribution in [0.4, 0.5) is 0 Å². The van der Waals surface area contributed by atoms with Crippen LogP contribution in [0, 0.1) is 0 Å². The third-order valence-corrected chi connectivity index (χ3v) is 2.92. The fourth-order valence-corrected chi connectivity index (χ4v) is 1.96. The van der Waals surface area contributed by atoms with Crippen molar-refractivity contribution in [2.24, 2.45) is 0 Å². The molecule has 106 valence electrons. The highest BCUT2D eigenvalue weighted by Crippen LogP contribution is 2.29. The largest absolute Gasteiger partial charge is 0.496 e. The molecule has 0 bridgehead atoms. The maximum absolute atomic E-state index is 11.4. The highest BCUT2D eigenvalue weighted by molar-refractivity contribution is 9.10. The highest BCUT2D eigenvalue weighted by atomic mass is 79.9. The highest BCUT2D eigenvalue weighted by Gasteiger charge is 2.14. The summed E-state index contributed by atoms with van der Waals surface area (Å²) in [5, 5.41) is 11.9. The molecule has 1 aromatic carbocycles. The molecule has 2 aromatic rings. The predicted octanol–water partition coefficient (Wildman–Crippen LogP) is 1.67. The van der Waals surface area contributed by atoms with E-state index < -0.39 is 5.97 Å². The van der Waals surface area contributed by atoms with E-state index in [1.54, 1.807) is 20.1 Å². The molecule has 0 radical (unpaired) electrons. The number of carbonyl (C=O) groups is 1. The van der Waals surface area contributed by atoms with Crippen molar-refractivity contribution in [1.29, 1.82) is 0 Å². The van der Waals surface area contributed by atoms with Gasteiger partial charge in [-0.05, 0) is 30.3 Å². The number of methoxy groups -OCH3 is 1. The number of halogens is 1. The number of hydrogen-bond acceptors (Lipinski definition) is 6. The molecule has 0 aliphatic carbocycles. The third kappa shape index (κ3) is 3.32. The molecule has 8 heteroatoms. The van der Waals surface area contributed by atoms with Gasteiger partial charge in [-0.3, -0.25) is 0 Å². The Balaban J connectivity index is 2.24. The Labute approximate surface area is 124 Å². The number of tetrazole rings is 1. The summed E-state index contributed by atoms with van der Waals surface area (Å²) in [6.45, 7) is 1.99. The lowest BCUT2D eigenvalue weighted by Gasteiger charge is -2.05. The van der Waals surface area contributed by atoms with Crippen LogP contribution in [0.25, 0.3) is 11.4 Å². The quantitative estimate of drug-likeness (QED) is 0.770. The topological polar surface area (TPSA) is 79.1 Å². The molecule has 20 heavy (non-hydrogen) atoms. The monoisotopic (exact) mass is 340 g/mol. The second-order valence-electron chi connectivity index (χ2n) is 3.79. The molecule has 0 aliphatic heterocycles. The van der Waals surface area contributed by atoms with E-state index in [9.17, 15) is 4.79 Å². The molecule has 0 aliphatic rings. The van der Waals surface area contributed by atoms with Crippen LogP contribution in [0.2, 0.25) is 0 Å². The second kappa shape index (κ2) is 6.47. The first-order valence-corrected chi connectivity index (χ1v) is 6.70. The number of esters is 1. The van der Waals surface area contributed by atoms with Gasteiger partial charge in [-0.15, -0.1) is 10.2 Å². The van der Waals surface area contributed by atoms with Gasteiger partial charge in [-0.25, -0.2) is 4.79 Å². The van der Waals surface area contributed by atoms with Crippen molar-refractivity contribution < 1.29 is 14.3 Å². The maximum Gasteiger partial charge on any atom is 0.329 e. The Kier molecular flexibility index (Phi) is 4.67. The number of aromatic nitrogens is 4. The summed E-state index contributed by atoms with van der Waals surface area (Å²) in [5.41, 5.74) is 0.692. The van der Waals surface area contributed by atoms with Crippen molar-refractivity contribution in [3.8, 4) is 17.1 Å². The van der Waals surface area contributed by atoms with Crippen molar-refractivity contribution in [2.45, 2.75) is 13.5 Å². The third-order valence-electron chi connectivity index (χ3n) is 2.43. The number of nitrogens with zero attached hydrogens (tertiary/aromatic N) is 4. The molecule has 0 fully saturated rings. The van der Waals surface area contributed by atoms with Gasteiger partial charge in [0.05, 0.1) is 19.3 Å². The van der Waals surface area contributed by atoms with Gasteiger partial charge in [-0.1, -0.05) is 15.9 Å². The Morgan fingerprint density at radius 1 is 1.45 bits per heavy atom. The molecule has 0 atom stereocenters. The van der Waals surface area contributed by atoms with Crippen LogP contribution in [-0.4, -0.2) is 39.9 Å². The molecule has 0 unspecified atom stereocenters. The van der Waals surface area contributed by atoms with Crippen LogP contribution >= 0.6 is 15.9 Å². The van der Waals surface area contributed by atoms with E-state index in [2.05, 4.69) is 31.3 Å². The Morgan fingerprint density at radius 2 is 2.25 bits per heavy atom. The molecule has 0 spiro atoms. The van der Waals surface area contributed by atoms with E-state index in [0.717, 1.165) is 4.47 Å². The minimum absolute atomic E-state index is 0.0723. The Hall–Kier alpha value is -1.96. The zero-order chi connectivity index (χ0) is 14.5. The SMILES string of the molecule is CCOC(=O)Cn1nnc(-c2cc(Br)ccc2OC)n1. The van der Waals surface area contributed by atoms with Crippen molar-refractivity contribution >= 4 is 21.9 Å². The minimum Gasteiger partial charge on any atom is -0.496 e. The van der Waals surface area contributed by atoms with E-state index in [-0.39, 0.29) is 6.54 Å². The Bertz CT molecular complexity index is 614. The van der Waals surface area contributed by atoms with Crippen LogP contribution in [0.3, 0.4) is 0 Å². The van der Waals surface area contributed by atoms with E-state index in [1.165, 1.54) is 4.80 Å². The van der Waals surface area contributed by atoms with E-state index >= 15 is 0 Å². The van der Waals surface area contributed by atoms with E-state index in [4.69, 9.17) is 9.47 Å². The van der Waals surface area contributed by atoms with Crippen molar-refractivity contribution in [1.82, 2.24) is 20.2 Å². The number of hydrogen-bond donors (Lipinski definition) is 0. The lowest BCUT2D eigenvalue weighted by Crippen LogP contribution is -2.15. The summed E-state index contributed by atoms with van der Waals surface area (Å²) in [4.78, 5) is 12.5. The van der Waals surface area contributed by atoms with Crippen molar-refractivity contribution in [3.05, 3.63) is 22.7 Å². The zero-order valence-electron chi connectivity index (χ0n) is 11.0. The van der Waals surface area contributed by atoms with Crippen molar-refractivity contribution in [3.63, 3.8) is 0 Å². The molecule has 1 aromatic heterocycles. The summed E-state index contributed by atoms with van der Waals surface area (Å²) < 4.78 is 10.9. The van der Waals surface area contributed by atoms with E-state index in [0.29, 0.717) is 23.7 Å². The maximum atomic E-state index is 11.4. The lowest BCUT2D eigenvalue weighted by molar-refractivity contribution is -0.144. The average Bonchev–Trinajstić information content (AvgIpc) is 2.87. The summed E-state index contributed by atoms with van der Waals surface area (Å²) in [5.74, 6) is 0.606. The summed E-state index contributed by atoms with van der Waals surface area (Å²) in [7, 11) is 1.57. The van der Waals surface area contributed by atoms with Gasteiger partial charge in [-0.2, -0.15) is 4.80 Å². The normalized spacial score (nSPS) is 10.3. The molecule has 7 nitrogen and oxygen atoms in total. The van der Waals surface area contributed by atoms with Crippen LogP contribution in [0.15, 0.2) is 22.7 Å². The van der Waals surface area contributed by atoms with Gasteiger partial charge in [0.1, 0.15) is 5.75 Å². The van der Waals surface area contributed by atoms with Gasteiger partial charge < -0.3 is 9.47 Å². The molecule has 2 rings (SSSR count). The minimum atomic E-state index is -0.405. The first-order chi connectivity index (χ1) is 9.63. The fraction of sp³-hybridized carbons (Fsp3) is 0.333. The Morgan fingerprint density at radius 3 is 2.95 bits per heavy atom. The number of carbonyl (C=O) groups excluding carboxylic acids is 1. The average molecular weight is 341 g/mol. The fourth-order valence-electron chi connectivity index (χ4n) is 1.60. The van der Waals surface area contributed by atoms with Crippen molar-refractivity contribution in [2.75, 3.05) is 13.7 Å². The van der Waals surface area contributed by atoms with Gasteiger partial charge >= 0.3 is 5.97 Å². The molecule has 0 saturated heterocycles. The van der Waals surface area contributed by atoms with E-state index in [1.807, 2.05) is 12.1 Å². The van der Waals surface area contributed by atoms with Gasteiger partial charge in [0, 0.05) is 4.47 Å². The van der Waals surface area contributed by atoms with Crippen LogP contribution in [0.5, 0.6) is 5.75 Å². The summed E-state index contributed by atoms with van der Waals surface area (Å²) >= 11 is 3.38. The standard InChI is InChI=1S/C12H13BrN4O3/c1-3-20-11(18)7-17-15-12(14-16-17)9-6-8(13)4-5-10(9)19-2/h4-6H,3,7H2,1-2H3. The zero-order valence-corrected chi connectivity index (χ0v) is 12.6. The molecular weight excluding hydrogens is 328 g/mol. The summed E-state index contributed by atoms with van der Waals surface area (Å²) in [6.07, 6.45) is 0. The van der Waals surface area contributed by atoms with Crippen LogP contribution in [-0.2, 0) is 16.1 Å². The summed E-state index contributed by atoms with van der Waals surface area (Å²) in [6, 6.07) is 5.47. The van der Waals surface area contributed by atoms with Gasteiger partial charge in [0.2, 0.25) is 5.82 Å². The predicted molar refractivity (Wildman–Crippen MR) is 74.1 cm³/mol. The molecule has 0 saturated carbocycles. The van der Waals surface area contributed by atoms with Crippen LogP contribution < -0.4 is 4.74 Å². The number of rotatable bonds is 5. The first-order valence-electron chi connectivity index (χ1n) is 5.91. The van der Waals surface area contributed by atoms with Crippen LogP contribution in [0.1, 0.15) is 6.92 Å². The number of ether oxygens (including phenoxy) is 2. The van der Waals surface area contributed by atoms with Gasteiger partial charge in [0.15, 0.2) is 6.54 Å². The molecule has 0 amide bonds. The molecular formula is C12H13BrN4O3.